The predicted molar refractivity (Wildman–Crippen MR) is 85.5 cm³/mol. The molecule has 0 aromatic heterocycles. The summed E-state index contributed by atoms with van der Waals surface area (Å²) < 4.78 is 27.6. The van der Waals surface area contributed by atoms with Gasteiger partial charge in [0.1, 0.15) is 0 Å². The highest BCUT2D eigenvalue weighted by atomic mass is 32.2. The third-order valence-electron chi connectivity index (χ3n) is 3.54. The number of nitrogens with one attached hydrogen (secondary N) is 1. The van der Waals surface area contributed by atoms with Crippen molar-refractivity contribution in [2.75, 3.05) is 18.0 Å². The van der Waals surface area contributed by atoms with Crippen molar-refractivity contribution in [3.8, 4) is 0 Å². The molecule has 0 radical (unpaired) electrons. The van der Waals surface area contributed by atoms with Crippen LogP contribution < -0.4 is 10.5 Å². The Balaban J connectivity index is 2.11. The smallest absolute Gasteiger partial charge is 0.240 e. The van der Waals surface area contributed by atoms with Gasteiger partial charge in [-0.15, -0.1) is 0 Å². The minimum absolute atomic E-state index is 0.320. The fourth-order valence-electron chi connectivity index (χ4n) is 2.36. The number of sulfonamides is 1. The largest absolute Gasteiger partial charge is 0.399 e. The van der Waals surface area contributed by atoms with E-state index in [1.807, 2.05) is 18.7 Å². The Morgan fingerprint density at radius 1 is 1.40 bits per heavy atom. The van der Waals surface area contributed by atoms with Crippen molar-refractivity contribution in [3.05, 3.63) is 23.8 Å². The number of hydrogen-bond acceptors (Lipinski definition) is 4. The molecule has 1 aliphatic rings. The van der Waals surface area contributed by atoms with Crippen molar-refractivity contribution in [1.29, 1.82) is 0 Å². The first kappa shape index (κ1) is 15.7. The summed E-state index contributed by atoms with van der Waals surface area (Å²) in [5.74, 6) is 1.13. The van der Waals surface area contributed by atoms with Crippen LogP contribution in [-0.4, -0.2) is 26.0 Å². The van der Waals surface area contributed by atoms with Crippen molar-refractivity contribution in [1.82, 2.24) is 4.72 Å². The standard InChI is InChI=1S/C14H22N2O2S2/c1-2-11-6-7-12(15)9-14(11)20(17,18)16-10-13-5-3-4-8-19-13/h6-7,9,13,16H,2-5,8,10,15H2,1H3. The third kappa shape index (κ3) is 3.90. The molecule has 1 aliphatic heterocycles. The van der Waals surface area contributed by atoms with E-state index in [0.29, 0.717) is 28.8 Å². The van der Waals surface area contributed by atoms with Crippen molar-refractivity contribution in [2.24, 2.45) is 0 Å². The highest BCUT2D eigenvalue weighted by Gasteiger charge is 2.21. The Kier molecular flexibility index (Phi) is 5.35. The van der Waals surface area contributed by atoms with E-state index in [-0.39, 0.29) is 0 Å². The first-order chi connectivity index (χ1) is 9.53. The van der Waals surface area contributed by atoms with Crippen molar-refractivity contribution < 1.29 is 8.42 Å². The lowest BCUT2D eigenvalue weighted by Crippen LogP contribution is -2.32. The Bertz CT molecular complexity index is 552. The molecule has 1 unspecified atom stereocenters. The lowest BCUT2D eigenvalue weighted by atomic mass is 10.1. The molecule has 20 heavy (non-hydrogen) atoms. The Morgan fingerprint density at radius 2 is 2.20 bits per heavy atom. The summed E-state index contributed by atoms with van der Waals surface area (Å²) in [5.41, 5.74) is 7.01. The lowest BCUT2D eigenvalue weighted by molar-refractivity contribution is 0.573. The van der Waals surface area contributed by atoms with Crippen molar-refractivity contribution in [3.63, 3.8) is 0 Å². The number of nitrogen functional groups attached to an aromatic ring is 1. The number of rotatable bonds is 5. The summed E-state index contributed by atoms with van der Waals surface area (Å²) in [6.07, 6.45) is 4.19. The van der Waals surface area contributed by atoms with Crippen LogP contribution in [0.3, 0.4) is 0 Å². The molecule has 1 fully saturated rings. The first-order valence-electron chi connectivity index (χ1n) is 7.02. The average Bonchev–Trinajstić information content (AvgIpc) is 2.46. The van der Waals surface area contributed by atoms with Crippen LogP contribution in [0, 0.1) is 0 Å². The van der Waals surface area contributed by atoms with E-state index < -0.39 is 10.0 Å². The predicted octanol–water partition coefficient (Wildman–Crippen LogP) is 2.40. The van der Waals surface area contributed by atoms with Gasteiger partial charge in [0.05, 0.1) is 4.90 Å². The number of hydrogen-bond donors (Lipinski definition) is 2. The molecule has 3 N–H and O–H groups in total. The number of anilines is 1. The number of aryl methyl sites for hydroxylation is 1. The van der Waals surface area contributed by atoms with Crippen LogP contribution in [0.15, 0.2) is 23.1 Å². The highest BCUT2D eigenvalue weighted by Crippen LogP contribution is 2.25. The summed E-state index contributed by atoms with van der Waals surface area (Å²) in [4.78, 5) is 0.320. The van der Waals surface area contributed by atoms with Crippen LogP contribution in [-0.2, 0) is 16.4 Å². The number of benzene rings is 1. The van der Waals surface area contributed by atoms with Crippen LogP contribution in [0.5, 0.6) is 0 Å². The van der Waals surface area contributed by atoms with Gasteiger partial charge in [-0.2, -0.15) is 11.8 Å². The van der Waals surface area contributed by atoms with Crippen molar-refractivity contribution >= 4 is 27.5 Å². The average molecular weight is 314 g/mol. The molecule has 0 saturated carbocycles. The second-order valence-electron chi connectivity index (χ2n) is 5.06. The summed E-state index contributed by atoms with van der Waals surface area (Å²) in [6.45, 7) is 2.45. The molecule has 1 saturated heterocycles. The maximum atomic E-state index is 12.4. The molecule has 0 aliphatic carbocycles. The minimum atomic E-state index is -3.47. The van der Waals surface area contributed by atoms with E-state index in [2.05, 4.69) is 4.72 Å². The molecule has 1 heterocycles. The van der Waals surface area contributed by atoms with Crippen LogP contribution >= 0.6 is 11.8 Å². The van der Waals surface area contributed by atoms with Gasteiger partial charge in [-0.25, -0.2) is 13.1 Å². The maximum Gasteiger partial charge on any atom is 0.240 e. The Morgan fingerprint density at radius 3 is 2.85 bits per heavy atom. The summed E-state index contributed by atoms with van der Waals surface area (Å²) in [5, 5.41) is 0.393. The van der Waals surface area contributed by atoms with E-state index in [4.69, 9.17) is 5.73 Å². The fraction of sp³-hybridized carbons (Fsp3) is 0.571. The second kappa shape index (κ2) is 6.83. The molecule has 6 heteroatoms. The highest BCUT2D eigenvalue weighted by molar-refractivity contribution is 8.00. The Labute approximate surface area is 125 Å². The van der Waals surface area contributed by atoms with Gasteiger partial charge in [0, 0.05) is 17.5 Å². The van der Waals surface area contributed by atoms with Crippen LogP contribution in [0.25, 0.3) is 0 Å². The van der Waals surface area contributed by atoms with Crippen LogP contribution in [0.4, 0.5) is 5.69 Å². The van der Waals surface area contributed by atoms with Gasteiger partial charge >= 0.3 is 0 Å². The van der Waals surface area contributed by atoms with E-state index >= 15 is 0 Å². The van der Waals surface area contributed by atoms with Crippen molar-refractivity contribution in [2.45, 2.75) is 42.8 Å². The van der Waals surface area contributed by atoms with Gasteiger partial charge in [-0.1, -0.05) is 19.4 Å². The second-order valence-corrected chi connectivity index (χ2v) is 8.20. The zero-order chi connectivity index (χ0) is 14.6. The maximum absolute atomic E-state index is 12.4. The van der Waals surface area contributed by atoms with Gasteiger partial charge < -0.3 is 5.73 Å². The molecule has 0 spiro atoms. The van der Waals surface area contributed by atoms with Gasteiger partial charge in [0.25, 0.3) is 0 Å². The SMILES string of the molecule is CCc1ccc(N)cc1S(=O)(=O)NCC1CCCCS1. The summed E-state index contributed by atoms with van der Waals surface area (Å²) >= 11 is 1.86. The molecule has 0 bridgehead atoms. The molecular weight excluding hydrogens is 292 g/mol. The molecule has 2 rings (SSSR count). The van der Waals surface area contributed by atoms with Gasteiger partial charge in [-0.3, -0.25) is 0 Å². The molecule has 0 amide bonds. The van der Waals surface area contributed by atoms with E-state index in [0.717, 1.165) is 17.7 Å². The van der Waals surface area contributed by atoms with Gasteiger partial charge in [0.2, 0.25) is 10.0 Å². The molecular formula is C14H22N2O2S2. The van der Waals surface area contributed by atoms with Gasteiger partial charge in [-0.05, 0) is 42.7 Å². The molecule has 1 aromatic carbocycles. The normalized spacial score (nSPS) is 19.9. The molecule has 1 atom stereocenters. The fourth-order valence-corrected chi connectivity index (χ4v) is 5.13. The first-order valence-corrected chi connectivity index (χ1v) is 9.56. The lowest BCUT2D eigenvalue weighted by Gasteiger charge is -2.21. The monoisotopic (exact) mass is 314 g/mol. The third-order valence-corrected chi connectivity index (χ3v) is 6.44. The topological polar surface area (TPSA) is 72.2 Å². The zero-order valence-electron chi connectivity index (χ0n) is 11.8. The molecule has 112 valence electrons. The summed E-state index contributed by atoms with van der Waals surface area (Å²) in [7, 11) is -3.47. The Hall–Kier alpha value is -0.720. The number of nitrogens with two attached hydrogens (primary N) is 1. The quantitative estimate of drug-likeness (QED) is 0.819. The van der Waals surface area contributed by atoms with E-state index in [9.17, 15) is 8.42 Å². The molecule has 4 nitrogen and oxygen atoms in total. The van der Waals surface area contributed by atoms with E-state index in [1.54, 1.807) is 18.2 Å². The minimum Gasteiger partial charge on any atom is -0.399 e. The van der Waals surface area contributed by atoms with Crippen LogP contribution in [0.1, 0.15) is 31.7 Å². The van der Waals surface area contributed by atoms with Gasteiger partial charge in [0.15, 0.2) is 0 Å². The zero-order valence-corrected chi connectivity index (χ0v) is 13.4. The van der Waals surface area contributed by atoms with Crippen LogP contribution in [0.2, 0.25) is 0 Å². The molecule has 1 aromatic rings. The number of thioether (sulfide) groups is 1. The van der Waals surface area contributed by atoms with E-state index in [1.165, 1.54) is 12.8 Å². The summed E-state index contributed by atoms with van der Waals surface area (Å²) in [6, 6.07) is 5.09.